The van der Waals surface area contributed by atoms with Gasteiger partial charge in [-0.05, 0) is 19.9 Å². The zero-order chi connectivity index (χ0) is 17.5. The van der Waals surface area contributed by atoms with Gasteiger partial charge in [-0.1, -0.05) is 17.8 Å². The maximum Gasteiger partial charge on any atom is 0.230 e. The quantitative estimate of drug-likeness (QED) is 0.552. The zero-order valence-corrected chi connectivity index (χ0v) is 14.9. The number of nitrogens with one attached hydrogen (secondary N) is 1. The van der Waals surface area contributed by atoms with E-state index in [0.29, 0.717) is 24.1 Å². The lowest BCUT2D eigenvalue weighted by atomic mass is 10.2. The molecule has 0 aliphatic heterocycles. The molecule has 1 N–H and O–H groups in total. The fourth-order valence-corrected chi connectivity index (χ4v) is 3.00. The van der Waals surface area contributed by atoms with Crippen molar-refractivity contribution in [3.63, 3.8) is 0 Å². The van der Waals surface area contributed by atoms with E-state index in [4.69, 9.17) is 9.15 Å². The molecule has 24 heavy (non-hydrogen) atoms. The van der Waals surface area contributed by atoms with Crippen molar-refractivity contribution in [2.45, 2.75) is 31.6 Å². The van der Waals surface area contributed by atoms with Crippen LogP contribution in [0.2, 0.25) is 0 Å². The Hall–Kier alpha value is -2.06. The first-order chi connectivity index (χ1) is 11.6. The smallest absolute Gasteiger partial charge is 0.230 e. The monoisotopic (exact) mass is 350 g/mol. The van der Waals surface area contributed by atoms with Gasteiger partial charge in [0, 0.05) is 19.7 Å². The summed E-state index contributed by atoms with van der Waals surface area (Å²) >= 11 is 1.34. The standard InChI is InChI=1S/C16H22N4O3S/c1-5-7-20-15(13-6-8-23-12(13)3)18-19-16(20)24-10-14(21)17-11(2)9-22-4/h5-6,8,11H,1,7,9-10H2,2-4H3,(H,17,21). The number of rotatable bonds is 9. The Morgan fingerprint density at radius 3 is 3.00 bits per heavy atom. The number of furan rings is 1. The van der Waals surface area contributed by atoms with E-state index in [2.05, 4.69) is 22.1 Å². The summed E-state index contributed by atoms with van der Waals surface area (Å²) in [6.45, 7) is 8.58. The lowest BCUT2D eigenvalue weighted by Gasteiger charge is -2.12. The van der Waals surface area contributed by atoms with Gasteiger partial charge in [0.15, 0.2) is 11.0 Å². The van der Waals surface area contributed by atoms with Crippen molar-refractivity contribution in [3.8, 4) is 11.4 Å². The van der Waals surface area contributed by atoms with Gasteiger partial charge in [0.05, 0.1) is 24.2 Å². The Balaban J connectivity index is 2.08. The van der Waals surface area contributed by atoms with Crippen molar-refractivity contribution in [1.82, 2.24) is 20.1 Å². The first kappa shape index (κ1) is 18.3. The van der Waals surface area contributed by atoms with Gasteiger partial charge in [-0.3, -0.25) is 9.36 Å². The van der Waals surface area contributed by atoms with E-state index in [1.807, 2.05) is 24.5 Å². The second kappa shape index (κ2) is 8.70. The lowest BCUT2D eigenvalue weighted by molar-refractivity contribution is -0.119. The first-order valence-electron chi connectivity index (χ1n) is 7.56. The summed E-state index contributed by atoms with van der Waals surface area (Å²) in [5.74, 6) is 1.67. The van der Waals surface area contributed by atoms with E-state index >= 15 is 0 Å². The number of amides is 1. The maximum atomic E-state index is 12.0. The number of aryl methyl sites for hydroxylation is 1. The molecule has 0 spiro atoms. The number of carbonyl (C=O) groups excluding carboxylic acids is 1. The highest BCUT2D eigenvalue weighted by atomic mass is 32.2. The number of carbonyl (C=O) groups is 1. The summed E-state index contributed by atoms with van der Waals surface area (Å²) in [6.07, 6.45) is 3.39. The van der Waals surface area contributed by atoms with E-state index in [0.717, 1.165) is 11.3 Å². The Bertz CT molecular complexity index is 695. The molecule has 2 aromatic heterocycles. The Labute approximate surface area is 145 Å². The van der Waals surface area contributed by atoms with Crippen LogP contribution in [-0.2, 0) is 16.1 Å². The molecule has 0 saturated carbocycles. The molecule has 7 nitrogen and oxygen atoms in total. The third-order valence-corrected chi connectivity index (χ3v) is 4.25. The molecule has 2 rings (SSSR count). The molecular formula is C16H22N4O3S. The van der Waals surface area contributed by atoms with Crippen LogP contribution in [0, 0.1) is 6.92 Å². The van der Waals surface area contributed by atoms with Gasteiger partial charge in [-0.15, -0.1) is 16.8 Å². The van der Waals surface area contributed by atoms with E-state index in [-0.39, 0.29) is 17.7 Å². The lowest BCUT2D eigenvalue weighted by Crippen LogP contribution is -2.36. The molecule has 2 aromatic rings. The van der Waals surface area contributed by atoms with Crippen LogP contribution >= 0.6 is 11.8 Å². The minimum absolute atomic E-state index is 0.0294. The molecule has 0 aliphatic carbocycles. The SMILES string of the molecule is C=CCn1c(SCC(=O)NC(C)COC)nnc1-c1ccoc1C. The number of nitrogens with zero attached hydrogens (tertiary/aromatic N) is 3. The molecule has 1 atom stereocenters. The molecular weight excluding hydrogens is 328 g/mol. The van der Waals surface area contributed by atoms with Gasteiger partial charge in [-0.25, -0.2) is 0 Å². The van der Waals surface area contributed by atoms with E-state index in [9.17, 15) is 4.79 Å². The van der Waals surface area contributed by atoms with Crippen LogP contribution in [0.15, 0.2) is 34.6 Å². The predicted octanol–water partition coefficient (Wildman–Crippen LogP) is 2.28. The Morgan fingerprint density at radius 1 is 1.58 bits per heavy atom. The Morgan fingerprint density at radius 2 is 2.38 bits per heavy atom. The maximum absolute atomic E-state index is 12.0. The molecule has 1 amide bonds. The minimum atomic E-state index is -0.0706. The molecule has 0 fully saturated rings. The molecule has 0 radical (unpaired) electrons. The average molecular weight is 350 g/mol. The van der Waals surface area contributed by atoms with Gasteiger partial charge in [0.1, 0.15) is 5.76 Å². The number of hydrogen-bond acceptors (Lipinski definition) is 6. The summed E-state index contributed by atoms with van der Waals surface area (Å²) in [5, 5.41) is 12.0. The van der Waals surface area contributed by atoms with E-state index in [1.165, 1.54) is 11.8 Å². The van der Waals surface area contributed by atoms with Crippen molar-refractivity contribution >= 4 is 17.7 Å². The minimum Gasteiger partial charge on any atom is -0.469 e. The number of hydrogen-bond donors (Lipinski definition) is 1. The highest BCUT2D eigenvalue weighted by Crippen LogP contribution is 2.26. The van der Waals surface area contributed by atoms with Crippen LogP contribution in [0.1, 0.15) is 12.7 Å². The average Bonchev–Trinajstić information content (AvgIpc) is 3.12. The summed E-state index contributed by atoms with van der Waals surface area (Å²) in [6, 6.07) is 1.82. The second-order valence-electron chi connectivity index (χ2n) is 5.31. The van der Waals surface area contributed by atoms with Crippen molar-refractivity contribution in [2.24, 2.45) is 0 Å². The van der Waals surface area contributed by atoms with Gasteiger partial charge in [0.25, 0.3) is 0 Å². The topological polar surface area (TPSA) is 82.2 Å². The molecule has 1 unspecified atom stereocenters. The molecule has 0 bridgehead atoms. The van der Waals surface area contributed by atoms with Crippen LogP contribution in [0.3, 0.4) is 0 Å². The second-order valence-corrected chi connectivity index (χ2v) is 6.25. The van der Waals surface area contributed by atoms with Crippen LogP contribution < -0.4 is 5.32 Å². The van der Waals surface area contributed by atoms with Gasteiger partial charge < -0.3 is 14.5 Å². The van der Waals surface area contributed by atoms with Crippen LogP contribution in [-0.4, -0.2) is 46.2 Å². The van der Waals surface area contributed by atoms with Crippen molar-refractivity contribution < 1.29 is 13.9 Å². The normalized spacial score (nSPS) is 12.1. The summed E-state index contributed by atoms with van der Waals surface area (Å²) in [7, 11) is 1.61. The number of aromatic nitrogens is 3. The fraction of sp³-hybridized carbons (Fsp3) is 0.438. The van der Waals surface area contributed by atoms with Crippen molar-refractivity contribution in [3.05, 3.63) is 30.7 Å². The third-order valence-electron chi connectivity index (χ3n) is 3.28. The predicted molar refractivity (Wildman–Crippen MR) is 92.9 cm³/mol. The van der Waals surface area contributed by atoms with Crippen molar-refractivity contribution in [1.29, 1.82) is 0 Å². The molecule has 130 valence electrons. The molecule has 0 aliphatic rings. The molecule has 8 heteroatoms. The summed E-state index contributed by atoms with van der Waals surface area (Å²) in [4.78, 5) is 12.0. The van der Waals surface area contributed by atoms with Crippen LogP contribution in [0.5, 0.6) is 0 Å². The van der Waals surface area contributed by atoms with Gasteiger partial charge in [-0.2, -0.15) is 0 Å². The fourth-order valence-electron chi connectivity index (χ4n) is 2.24. The third kappa shape index (κ3) is 4.48. The summed E-state index contributed by atoms with van der Waals surface area (Å²) in [5.41, 5.74) is 0.884. The van der Waals surface area contributed by atoms with E-state index < -0.39 is 0 Å². The molecule has 2 heterocycles. The number of thioether (sulfide) groups is 1. The first-order valence-corrected chi connectivity index (χ1v) is 8.55. The van der Waals surface area contributed by atoms with Gasteiger partial charge in [0.2, 0.25) is 5.91 Å². The molecule has 0 aromatic carbocycles. The van der Waals surface area contributed by atoms with Crippen LogP contribution in [0.4, 0.5) is 0 Å². The zero-order valence-electron chi connectivity index (χ0n) is 14.1. The number of methoxy groups -OCH3 is 1. The highest BCUT2D eigenvalue weighted by molar-refractivity contribution is 7.99. The highest BCUT2D eigenvalue weighted by Gasteiger charge is 2.18. The van der Waals surface area contributed by atoms with Crippen molar-refractivity contribution in [2.75, 3.05) is 19.5 Å². The molecule has 0 saturated heterocycles. The summed E-state index contributed by atoms with van der Waals surface area (Å²) < 4.78 is 12.3. The largest absolute Gasteiger partial charge is 0.469 e. The number of allylic oxidation sites excluding steroid dienone is 1. The number of ether oxygens (including phenoxy) is 1. The van der Waals surface area contributed by atoms with Gasteiger partial charge >= 0.3 is 0 Å². The van der Waals surface area contributed by atoms with E-state index in [1.54, 1.807) is 19.4 Å². The van der Waals surface area contributed by atoms with Crippen LogP contribution in [0.25, 0.3) is 11.4 Å². The Kier molecular flexibility index (Phi) is 6.62.